The van der Waals surface area contributed by atoms with E-state index in [9.17, 15) is 0 Å². The molecule has 3 N–H and O–H groups in total. The van der Waals surface area contributed by atoms with Crippen molar-refractivity contribution in [3.63, 3.8) is 0 Å². The molecule has 0 aromatic carbocycles. The number of morpholine rings is 1. The van der Waals surface area contributed by atoms with Crippen molar-refractivity contribution in [2.24, 2.45) is 7.05 Å². The van der Waals surface area contributed by atoms with Gasteiger partial charge in [0.2, 0.25) is 0 Å². The summed E-state index contributed by atoms with van der Waals surface area (Å²) in [6, 6.07) is 2.07. The van der Waals surface area contributed by atoms with Gasteiger partial charge in [0.05, 0.1) is 24.9 Å². The second-order valence-corrected chi connectivity index (χ2v) is 3.20. The van der Waals surface area contributed by atoms with Gasteiger partial charge in [0.15, 0.2) is 0 Å². The van der Waals surface area contributed by atoms with Gasteiger partial charge in [0.25, 0.3) is 0 Å². The molecular weight excluding hydrogens is 168 g/mol. The van der Waals surface area contributed by atoms with E-state index >= 15 is 0 Å². The average molecular weight is 182 g/mol. The van der Waals surface area contributed by atoms with Crippen LogP contribution in [0.1, 0.15) is 11.7 Å². The van der Waals surface area contributed by atoms with Crippen LogP contribution in [-0.4, -0.2) is 29.5 Å². The van der Waals surface area contributed by atoms with Gasteiger partial charge in [-0.05, 0) is 0 Å². The van der Waals surface area contributed by atoms with Crippen LogP contribution in [0.3, 0.4) is 0 Å². The van der Waals surface area contributed by atoms with Gasteiger partial charge in [-0.2, -0.15) is 5.10 Å². The van der Waals surface area contributed by atoms with Crippen molar-refractivity contribution in [1.82, 2.24) is 15.1 Å². The molecule has 0 spiro atoms. The van der Waals surface area contributed by atoms with Crippen LogP contribution in [0.15, 0.2) is 6.07 Å². The average Bonchev–Trinajstić information content (AvgIpc) is 2.49. The molecule has 5 heteroatoms. The third kappa shape index (κ3) is 1.66. The van der Waals surface area contributed by atoms with Crippen molar-refractivity contribution in [3.8, 4) is 0 Å². The van der Waals surface area contributed by atoms with Crippen LogP contribution in [-0.2, 0) is 11.8 Å². The fraction of sp³-hybridized carbons (Fsp3) is 0.625. The molecule has 1 aromatic rings. The number of anilines is 1. The minimum Gasteiger partial charge on any atom is -0.384 e. The lowest BCUT2D eigenvalue weighted by Crippen LogP contribution is -2.34. The number of hydrogen-bond acceptors (Lipinski definition) is 4. The summed E-state index contributed by atoms with van der Waals surface area (Å²) < 4.78 is 7.01. The number of nitrogen functional groups attached to an aromatic ring is 1. The molecule has 2 rings (SSSR count). The quantitative estimate of drug-likeness (QED) is 0.624. The highest BCUT2D eigenvalue weighted by Gasteiger charge is 2.18. The minimum absolute atomic E-state index is 0.192. The maximum absolute atomic E-state index is 5.68. The number of rotatable bonds is 1. The van der Waals surface area contributed by atoms with Gasteiger partial charge >= 0.3 is 0 Å². The smallest absolute Gasteiger partial charge is 0.121 e. The van der Waals surface area contributed by atoms with Crippen LogP contribution in [0.4, 0.5) is 5.82 Å². The first kappa shape index (κ1) is 8.52. The summed E-state index contributed by atoms with van der Waals surface area (Å²) in [7, 11) is 1.84. The second-order valence-electron chi connectivity index (χ2n) is 3.20. The monoisotopic (exact) mass is 182 g/mol. The highest BCUT2D eigenvalue weighted by Crippen LogP contribution is 2.15. The fourth-order valence-electron chi connectivity index (χ4n) is 1.43. The Bertz CT molecular complexity index is 271. The molecule has 0 saturated carbocycles. The lowest BCUT2D eigenvalue weighted by molar-refractivity contribution is 0.0754. The zero-order valence-corrected chi connectivity index (χ0v) is 7.66. The molecule has 1 unspecified atom stereocenters. The van der Waals surface area contributed by atoms with E-state index in [0.29, 0.717) is 12.4 Å². The van der Waals surface area contributed by atoms with Gasteiger partial charge in [0.1, 0.15) is 5.82 Å². The van der Waals surface area contributed by atoms with E-state index in [1.54, 1.807) is 4.68 Å². The van der Waals surface area contributed by atoms with Crippen molar-refractivity contribution in [2.75, 3.05) is 25.5 Å². The largest absolute Gasteiger partial charge is 0.384 e. The SMILES string of the molecule is Cn1nc(C2COCCN2)cc1N. The van der Waals surface area contributed by atoms with Crippen molar-refractivity contribution >= 4 is 5.82 Å². The molecule has 13 heavy (non-hydrogen) atoms. The third-order valence-corrected chi connectivity index (χ3v) is 2.21. The van der Waals surface area contributed by atoms with Crippen molar-refractivity contribution in [3.05, 3.63) is 11.8 Å². The first-order chi connectivity index (χ1) is 6.27. The van der Waals surface area contributed by atoms with Gasteiger partial charge in [-0.3, -0.25) is 4.68 Å². The summed E-state index contributed by atoms with van der Waals surface area (Å²) in [4.78, 5) is 0. The Kier molecular flexibility index (Phi) is 2.20. The Morgan fingerprint density at radius 1 is 1.77 bits per heavy atom. The number of aromatic nitrogens is 2. The van der Waals surface area contributed by atoms with E-state index in [4.69, 9.17) is 10.5 Å². The number of hydrogen-bond donors (Lipinski definition) is 2. The van der Waals surface area contributed by atoms with Crippen molar-refractivity contribution in [2.45, 2.75) is 6.04 Å². The molecule has 0 bridgehead atoms. The number of aryl methyl sites for hydroxylation is 1. The van der Waals surface area contributed by atoms with E-state index in [-0.39, 0.29) is 6.04 Å². The number of nitrogens with two attached hydrogens (primary N) is 1. The summed E-state index contributed by atoms with van der Waals surface area (Å²) in [5.74, 6) is 0.683. The van der Waals surface area contributed by atoms with Crippen LogP contribution in [0.25, 0.3) is 0 Å². The van der Waals surface area contributed by atoms with Gasteiger partial charge < -0.3 is 15.8 Å². The zero-order chi connectivity index (χ0) is 9.26. The molecule has 5 nitrogen and oxygen atoms in total. The van der Waals surface area contributed by atoms with E-state index < -0.39 is 0 Å². The predicted molar refractivity (Wildman–Crippen MR) is 49.2 cm³/mol. The molecule has 72 valence electrons. The molecule has 0 aliphatic carbocycles. The molecule has 1 saturated heterocycles. The Balaban J connectivity index is 2.14. The molecule has 1 aliphatic heterocycles. The molecular formula is C8H14N4O. The van der Waals surface area contributed by atoms with Crippen LogP contribution in [0.2, 0.25) is 0 Å². The number of nitrogens with one attached hydrogen (secondary N) is 1. The standard InChI is InChI=1S/C8H14N4O/c1-12-8(9)4-6(11-12)7-5-13-3-2-10-7/h4,7,10H,2-3,5,9H2,1H3. The maximum Gasteiger partial charge on any atom is 0.121 e. The van der Waals surface area contributed by atoms with E-state index in [1.165, 1.54) is 0 Å². The molecule has 1 fully saturated rings. The summed E-state index contributed by atoms with van der Waals surface area (Å²) in [5.41, 5.74) is 6.64. The van der Waals surface area contributed by atoms with Gasteiger partial charge in [-0.1, -0.05) is 0 Å². The predicted octanol–water partition coefficient (Wildman–Crippen LogP) is -0.337. The summed E-state index contributed by atoms with van der Waals surface area (Å²) >= 11 is 0. The normalized spacial score (nSPS) is 23.3. The molecule has 1 atom stereocenters. The topological polar surface area (TPSA) is 65.1 Å². The summed E-state index contributed by atoms with van der Waals surface area (Å²) in [5, 5.41) is 7.60. The van der Waals surface area contributed by atoms with Crippen molar-refractivity contribution < 1.29 is 4.74 Å². The summed E-state index contributed by atoms with van der Waals surface area (Å²) in [6.07, 6.45) is 0. The highest BCUT2D eigenvalue weighted by atomic mass is 16.5. The highest BCUT2D eigenvalue weighted by molar-refractivity contribution is 5.31. The Morgan fingerprint density at radius 3 is 3.15 bits per heavy atom. The third-order valence-electron chi connectivity index (χ3n) is 2.21. The van der Waals surface area contributed by atoms with Gasteiger partial charge in [-0.15, -0.1) is 0 Å². The van der Waals surface area contributed by atoms with Gasteiger partial charge in [-0.25, -0.2) is 0 Å². The van der Waals surface area contributed by atoms with E-state index in [0.717, 1.165) is 18.8 Å². The Hall–Kier alpha value is -1.07. The van der Waals surface area contributed by atoms with Crippen LogP contribution in [0.5, 0.6) is 0 Å². The van der Waals surface area contributed by atoms with E-state index in [2.05, 4.69) is 10.4 Å². The zero-order valence-electron chi connectivity index (χ0n) is 7.66. The minimum atomic E-state index is 0.192. The van der Waals surface area contributed by atoms with Crippen LogP contribution >= 0.6 is 0 Å². The van der Waals surface area contributed by atoms with E-state index in [1.807, 2.05) is 13.1 Å². The molecule has 1 aromatic heterocycles. The second kappa shape index (κ2) is 3.35. The Morgan fingerprint density at radius 2 is 2.62 bits per heavy atom. The molecule has 0 amide bonds. The van der Waals surface area contributed by atoms with Crippen LogP contribution < -0.4 is 11.1 Å². The molecule has 0 radical (unpaired) electrons. The van der Waals surface area contributed by atoms with Crippen molar-refractivity contribution in [1.29, 1.82) is 0 Å². The number of nitrogens with zero attached hydrogens (tertiary/aromatic N) is 2. The van der Waals surface area contributed by atoms with Crippen LogP contribution in [0, 0.1) is 0 Å². The fourth-order valence-corrected chi connectivity index (χ4v) is 1.43. The maximum atomic E-state index is 5.68. The number of ether oxygens (including phenoxy) is 1. The summed E-state index contributed by atoms with van der Waals surface area (Å²) in [6.45, 7) is 2.33. The Labute approximate surface area is 76.9 Å². The molecule has 1 aliphatic rings. The first-order valence-corrected chi connectivity index (χ1v) is 4.38. The molecule has 2 heterocycles. The first-order valence-electron chi connectivity index (χ1n) is 4.38. The lowest BCUT2D eigenvalue weighted by Gasteiger charge is -2.21. The lowest BCUT2D eigenvalue weighted by atomic mass is 10.2. The van der Waals surface area contributed by atoms with Gasteiger partial charge in [0, 0.05) is 19.7 Å².